The average molecular weight is 254 g/mol. The van der Waals surface area contributed by atoms with Crippen molar-refractivity contribution < 1.29 is 0 Å². The molecule has 1 saturated carbocycles. The summed E-state index contributed by atoms with van der Waals surface area (Å²) in [6, 6.07) is 0. The van der Waals surface area contributed by atoms with E-state index in [1.54, 1.807) is 0 Å². The third kappa shape index (κ3) is 8.10. The lowest BCUT2D eigenvalue weighted by Crippen LogP contribution is -2.33. The van der Waals surface area contributed by atoms with E-state index >= 15 is 0 Å². The SMILES string of the molecule is CCCCNCN(C)CCC1CCCCCCC1. The second-order valence-corrected chi connectivity index (χ2v) is 6.09. The molecule has 1 aliphatic carbocycles. The van der Waals surface area contributed by atoms with Crippen LogP contribution in [0.1, 0.15) is 71.1 Å². The Morgan fingerprint density at radius 2 is 1.72 bits per heavy atom. The lowest BCUT2D eigenvalue weighted by atomic mass is 9.89. The summed E-state index contributed by atoms with van der Waals surface area (Å²) < 4.78 is 0. The van der Waals surface area contributed by atoms with Gasteiger partial charge in [-0.2, -0.15) is 0 Å². The molecule has 1 aliphatic rings. The van der Waals surface area contributed by atoms with Gasteiger partial charge in [0, 0.05) is 6.67 Å². The number of hydrogen-bond acceptors (Lipinski definition) is 2. The number of hydrogen-bond donors (Lipinski definition) is 1. The van der Waals surface area contributed by atoms with Gasteiger partial charge in [-0.25, -0.2) is 0 Å². The smallest absolute Gasteiger partial charge is 0.0477 e. The Hall–Kier alpha value is -0.0800. The second kappa shape index (κ2) is 10.8. The fourth-order valence-electron chi connectivity index (χ4n) is 2.88. The van der Waals surface area contributed by atoms with Crippen molar-refractivity contribution in [2.45, 2.75) is 71.1 Å². The van der Waals surface area contributed by atoms with Crippen LogP contribution >= 0.6 is 0 Å². The highest BCUT2D eigenvalue weighted by molar-refractivity contribution is 4.65. The molecule has 108 valence electrons. The van der Waals surface area contributed by atoms with E-state index in [-0.39, 0.29) is 0 Å². The van der Waals surface area contributed by atoms with Gasteiger partial charge in [0.2, 0.25) is 0 Å². The van der Waals surface area contributed by atoms with Crippen LogP contribution in [-0.4, -0.2) is 31.7 Å². The van der Waals surface area contributed by atoms with Crippen LogP contribution < -0.4 is 5.32 Å². The minimum Gasteiger partial charge on any atom is -0.304 e. The molecule has 0 unspecified atom stereocenters. The van der Waals surface area contributed by atoms with Crippen molar-refractivity contribution in [3.05, 3.63) is 0 Å². The Balaban J connectivity index is 2.02. The van der Waals surface area contributed by atoms with E-state index in [4.69, 9.17) is 0 Å². The van der Waals surface area contributed by atoms with Crippen LogP contribution in [0.15, 0.2) is 0 Å². The Morgan fingerprint density at radius 3 is 2.39 bits per heavy atom. The Morgan fingerprint density at radius 1 is 1.06 bits per heavy atom. The summed E-state index contributed by atoms with van der Waals surface area (Å²) in [5, 5.41) is 3.52. The monoisotopic (exact) mass is 254 g/mol. The standard InChI is InChI=1S/C16H34N2/c1-3-4-13-17-15-18(2)14-12-16-10-8-6-5-7-9-11-16/h16-17H,3-15H2,1-2H3. The summed E-state index contributed by atoms with van der Waals surface area (Å²) in [6.07, 6.45) is 14.4. The van der Waals surface area contributed by atoms with Gasteiger partial charge in [0.05, 0.1) is 0 Å². The highest BCUT2D eigenvalue weighted by Gasteiger charge is 2.11. The first-order valence-corrected chi connectivity index (χ1v) is 8.22. The van der Waals surface area contributed by atoms with Gasteiger partial charge in [0.15, 0.2) is 0 Å². The number of nitrogens with one attached hydrogen (secondary N) is 1. The summed E-state index contributed by atoms with van der Waals surface area (Å²) in [7, 11) is 2.25. The van der Waals surface area contributed by atoms with E-state index in [0.717, 1.165) is 12.6 Å². The van der Waals surface area contributed by atoms with Gasteiger partial charge in [-0.1, -0.05) is 58.3 Å². The first-order valence-electron chi connectivity index (χ1n) is 8.22. The molecule has 2 nitrogen and oxygen atoms in total. The summed E-state index contributed by atoms with van der Waals surface area (Å²) in [5.74, 6) is 1.00. The first kappa shape index (κ1) is 16.0. The molecule has 0 spiro atoms. The summed E-state index contributed by atoms with van der Waals surface area (Å²) >= 11 is 0. The maximum atomic E-state index is 3.52. The molecule has 1 rings (SSSR count). The van der Waals surface area contributed by atoms with Gasteiger partial charge in [-0.15, -0.1) is 0 Å². The Bertz CT molecular complexity index is 174. The molecule has 0 aliphatic heterocycles. The molecule has 0 radical (unpaired) electrons. The van der Waals surface area contributed by atoms with Gasteiger partial charge in [-0.3, -0.25) is 4.90 Å². The van der Waals surface area contributed by atoms with E-state index in [1.807, 2.05) is 0 Å². The lowest BCUT2D eigenvalue weighted by molar-refractivity contribution is 0.259. The van der Waals surface area contributed by atoms with Crippen molar-refractivity contribution in [2.75, 3.05) is 26.8 Å². The molecule has 0 atom stereocenters. The normalized spacial score (nSPS) is 18.8. The fourth-order valence-corrected chi connectivity index (χ4v) is 2.88. The first-order chi connectivity index (χ1) is 8.83. The maximum Gasteiger partial charge on any atom is 0.0477 e. The van der Waals surface area contributed by atoms with Crippen molar-refractivity contribution in [3.63, 3.8) is 0 Å². The maximum absolute atomic E-state index is 3.52. The van der Waals surface area contributed by atoms with Gasteiger partial charge < -0.3 is 5.32 Å². The molecule has 1 fully saturated rings. The summed E-state index contributed by atoms with van der Waals surface area (Å²) in [5.41, 5.74) is 0. The van der Waals surface area contributed by atoms with Crippen molar-refractivity contribution >= 4 is 0 Å². The molecular weight excluding hydrogens is 220 g/mol. The molecule has 0 saturated heterocycles. The molecule has 0 aromatic rings. The average Bonchev–Trinajstić information content (AvgIpc) is 2.33. The van der Waals surface area contributed by atoms with Gasteiger partial charge in [-0.05, 0) is 38.9 Å². The lowest BCUT2D eigenvalue weighted by Gasteiger charge is -2.23. The van der Waals surface area contributed by atoms with Crippen molar-refractivity contribution in [1.29, 1.82) is 0 Å². The predicted molar refractivity (Wildman–Crippen MR) is 80.8 cm³/mol. The van der Waals surface area contributed by atoms with Crippen molar-refractivity contribution in [3.8, 4) is 0 Å². The molecular formula is C16H34N2. The second-order valence-electron chi connectivity index (χ2n) is 6.09. The highest BCUT2D eigenvalue weighted by atomic mass is 15.2. The number of nitrogens with zero attached hydrogens (tertiary/aromatic N) is 1. The Kier molecular flexibility index (Phi) is 9.59. The van der Waals surface area contributed by atoms with Crippen LogP contribution in [0.3, 0.4) is 0 Å². The van der Waals surface area contributed by atoms with E-state index in [2.05, 4.69) is 24.2 Å². The third-order valence-corrected chi connectivity index (χ3v) is 4.23. The van der Waals surface area contributed by atoms with Crippen LogP contribution in [0.4, 0.5) is 0 Å². The zero-order valence-corrected chi connectivity index (χ0v) is 12.7. The molecule has 0 aromatic carbocycles. The van der Waals surface area contributed by atoms with Crippen LogP contribution in [0, 0.1) is 5.92 Å². The van der Waals surface area contributed by atoms with E-state index in [9.17, 15) is 0 Å². The molecule has 18 heavy (non-hydrogen) atoms. The zero-order chi connectivity index (χ0) is 13.1. The van der Waals surface area contributed by atoms with E-state index in [0.29, 0.717) is 0 Å². The molecule has 0 amide bonds. The van der Waals surface area contributed by atoms with Crippen molar-refractivity contribution in [1.82, 2.24) is 10.2 Å². The van der Waals surface area contributed by atoms with Gasteiger partial charge in [0.1, 0.15) is 0 Å². The zero-order valence-electron chi connectivity index (χ0n) is 12.7. The summed E-state index contributed by atoms with van der Waals surface area (Å²) in [6.45, 7) is 5.75. The molecule has 0 aromatic heterocycles. The fraction of sp³-hybridized carbons (Fsp3) is 1.00. The predicted octanol–water partition coefficient (Wildman–Crippen LogP) is 4.02. The Labute approximate surface area is 115 Å². The van der Waals surface area contributed by atoms with Crippen molar-refractivity contribution in [2.24, 2.45) is 5.92 Å². The minimum atomic E-state index is 1.00. The number of rotatable bonds is 8. The van der Waals surface area contributed by atoms with E-state index in [1.165, 1.54) is 77.3 Å². The molecule has 2 heteroatoms. The largest absolute Gasteiger partial charge is 0.304 e. The quantitative estimate of drug-likeness (QED) is 0.520. The van der Waals surface area contributed by atoms with E-state index < -0.39 is 0 Å². The van der Waals surface area contributed by atoms with Gasteiger partial charge in [0.25, 0.3) is 0 Å². The summed E-state index contributed by atoms with van der Waals surface area (Å²) in [4.78, 5) is 2.45. The van der Waals surface area contributed by atoms with Crippen LogP contribution in [0.2, 0.25) is 0 Å². The highest BCUT2D eigenvalue weighted by Crippen LogP contribution is 2.24. The minimum absolute atomic E-state index is 1.00. The van der Waals surface area contributed by atoms with Crippen LogP contribution in [0.25, 0.3) is 0 Å². The third-order valence-electron chi connectivity index (χ3n) is 4.23. The molecule has 0 heterocycles. The molecule has 1 N–H and O–H groups in total. The number of unbranched alkanes of at least 4 members (excludes halogenated alkanes) is 1. The topological polar surface area (TPSA) is 15.3 Å². The van der Waals surface area contributed by atoms with Crippen LogP contribution in [0.5, 0.6) is 0 Å². The van der Waals surface area contributed by atoms with Crippen LogP contribution in [-0.2, 0) is 0 Å². The van der Waals surface area contributed by atoms with Gasteiger partial charge >= 0.3 is 0 Å². The molecule has 0 bridgehead atoms.